The molecular formula is C14H15FN2O3S. The molecule has 2 rings (SSSR count). The van der Waals surface area contributed by atoms with E-state index in [2.05, 4.69) is 4.99 Å². The Morgan fingerprint density at radius 2 is 2.14 bits per heavy atom. The molecule has 0 unspecified atom stereocenters. The van der Waals surface area contributed by atoms with Gasteiger partial charge in [0, 0.05) is 0 Å². The van der Waals surface area contributed by atoms with Gasteiger partial charge in [0.25, 0.3) is 0 Å². The van der Waals surface area contributed by atoms with E-state index < -0.39 is 6.09 Å². The molecule has 0 aliphatic carbocycles. The van der Waals surface area contributed by atoms with Gasteiger partial charge in [-0.05, 0) is 36.1 Å². The number of halogens is 1. The van der Waals surface area contributed by atoms with Crippen molar-refractivity contribution in [3.63, 3.8) is 0 Å². The quantitative estimate of drug-likeness (QED) is 0.909. The van der Waals surface area contributed by atoms with Crippen LogP contribution in [0, 0.1) is 12.7 Å². The number of amides is 2. The van der Waals surface area contributed by atoms with E-state index in [-0.39, 0.29) is 28.6 Å². The van der Waals surface area contributed by atoms with E-state index in [4.69, 9.17) is 5.11 Å². The van der Waals surface area contributed by atoms with Crippen molar-refractivity contribution in [1.29, 1.82) is 0 Å². The van der Waals surface area contributed by atoms with E-state index in [0.29, 0.717) is 16.8 Å². The number of thioether (sulfide) groups is 1. The second kappa shape index (κ2) is 5.85. The van der Waals surface area contributed by atoms with Crippen molar-refractivity contribution in [2.45, 2.75) is 26.7 Å². The normalized spacial score (nSPS) is 17.1. The lowest BCUT2D eigenvalue weighted by atomic mass is 9.98. The minimum absolute atomic E-state index is 0.0143. The molecular weight excluding hydrogens is 295 g/mol. The molecule has 0 atom stereocenters. The molecule has 0 saturated carbocycles. The van der Waals surface area contributed by atoms with E-state index in [1.807, 2.05) is 13.8 Å². The monoisotopic (exact) mass is 310 g/mol. The molecule has 0 aromatic heterocycles. The van der Waals surface area contributed by atoms with Crippen LogP contribution in [0.2, 0.25) is 0 Å². The average Bonchev–Trinajstić information content (AvgIpc) is 2.72. The summed E-state index contributed by atoms with van der Waals surface area (Å²) in [7, 11) is 0. The smallest absolute Gasteiger partial charge is 0.433 e. The molecule has 1 aliphatic heterocycles. The van der Waals surface area contributed by atoms with Crippen LogP contribution < -0.4 is 4.90 Å². The predicted octanol–water partition coefficient (Wildman–Crippen LogP) is 3.37. The number of rotatable bonds is 2. The Morgan fingerprint density at radius 1 is 1.48 bits per heavy atom. The van der Waals surface area contributed by atoms with Gasteiger partial charge < -0.3 is 5.11 Å². The molecule has 1 fully saturated rings. The summed E-state index contributed by atoms with van der Waals surface area (Å²) in [5.41, 5.74) is 1.54. The van der Waals surface area contributed by atoms with Crippen LogP contribution in [-0.4, -0.2) is 28.0 Å². The zero-order chi connectivity index (χ0) is 15.7. The maximum atomic E-state index is 13.8. The first kappa shape index (κ1) is 15.5. The fourth-order valence-corrected chi connectivity index (χ4v) is 2.95. The van der Waals surface area contributed by atoms with E-state index in [1.54, 1.807) is 13.0 Å². The number of carboxylic acid groups (broad SMARTS) is 1. The molecule has 0 spiro atoms. The summed E-state index contributed by atoms with van der Waals surface area (Å²) in [5, 5.41) is 8.91. The summed E-state index contributed by atoms with van der Waals surface area (Å²) in [4.78, 5) is 27.6. The van der Waals surface area contributed by atoms with Crippen LogP contribution in [0.25, 0.3) is 0 Å². The summed E-state index contributed by atoms with van der Waals surface area (Å²) >= 11 is 1.06. The van der Waals surface area contributed by atoms with Crippen LogP contribution in [0.1, 0.15) is 30.9 Å². The van der Waals surface area contributed by atoms with E-state index >= 15 is 0 Å². The highest BCUT2D eigenvalue weighted by Crippen LogP contribution is 2.35. The average molecular weight is 310 g/mol. The van der Waals surface area contributed by atoms with Gasteiger partial charge in [0.1, 0.15) is 5.82 Å². The predicted molar refractivity (Wildman–Crippen MR) is 80.6 cm³/mol. The molecule has 0 radical (unpaired) electrons. The third kappa shape index (κ3) is 3.07. The van der Waals surface area contributed by atoms with Crippen molar-refractivity contribution < 1.29 is 19.1 Å². The lowest BCUT2D eigenvalue weighted by molar-refractivity contribution is -0.115. The number of amidine groups is 1. The SMILES string of the molecule is Cc1cc(N2C(=O)CS/C2=N\C(=O)O)c(C(C)C)cc1F. The Kier molecular flexibility index (Phi) is 4.32. The van der Waals surface area contributed by atoms with Crippen LogP contribution in [0.15, 0.2) is 17.1 Å². The maximum absolute atomic E-state index is 13.8. The molecule has 1 aromatic rings. The number of carbonyl (C=O) groups is 2. The first-order valence-corrected chi connectivity index (χ1v) is 7.37. The Hall–Kier alpha value is -1.89. The first-order chi connectivity index (χ1) is 9.81. The molecule has 7 heteroatoms. The van der Waals surface area contributed by atoms with Crippen molar-refractivity contribution in [3.05, 3.63) is 29.1 Å². The van der Waals surface area contributed by atoms with Crippen molar-refractivity contribution in [2.75, 3.05) is 10.7 Å². The zero-order valence-electron chi connectivity index (χ0n) is 11.9. The number of aryl methyl sites for hydroxylation is 1. The molecule has 2 amide bonds. The van der Waals surface area contributed by atoms with Gasteiger partial charge in [-0.1, -0.05) is 25.6 Å². The van der Waals surface area contributed by atoms with Crippen LogP contribution >= 0.6 is 11.8 Å². The minimum atomic E-state index is -1.36. The number of nitrogens with zero attached hydrogens (tertiary/aromatic N) is 2. The second-order valence-electron chi connectivity index (χ2n) is 5.01. The van der Waals surface area contributed by atoms with Crippen LogP contribution in [-0.2, 0) is 4.79 Å². The molecule has 1 N–H and O–H groups in total. The fourth-order valence-electron chi connectivity index (χ4n) is 2.10. The van der Waals surface area contributed by atoms with Crippen molar-refractivity contribution in [3.8, 4) is 0 Å². The van der Waals surface area contributed by atoms with Gasteiger partial charge in [0.15, 0.2) is 5.17 Å². The number of aliphatic imine (C=N–C) groups is 1. The zero-order valence-corrected chi connectivity index (χ0v) is 12.7. The molecule has 1 heterocycles. The largest absolute Gasteiger partial charge is 0.463 e. The van der Waals surface area contributed by atoms with Crippen LogP contribution in [0.3, 0.4) is 0 Å². The number of hydrogen-bond acceptors (Lipinski definition) is 3. The Balaban J connectivity index is 2.60. The third-order valence-corrected chi connectivity index (χ3v) is 4.05. The summed E-state index contributed by atoms with van der Waals surface area (Å²) in [6, 6.07) is 2.95. The lowest BCUT2D eigenvalue weighted by Crippen LogP contribution is -2.31. The standard InChI is InChI=1S/C14H15FN2O3S/c1-7(2)9-5-10(15)8(3)4-11(9)17-12(18)6-21-13(17)16-14(19)20/h4-5,7H,6H2,1-3H3,(H,19,20)/b16-13-. The number of benzene rings is 1. The topological polar surface area (TPSA) is 70.0 Å². The molecule has 1 aromatic carbocycles. The molecule has 21 heavy (non-hydrogen) atoms. The molecule has 1 saturated heterocycles. The number of anilines is 1. The Morgan fingerprint density at radius 3 is 2.71 bits per heavy atom. The van der Waals surface area contributed by atoms with E-state index in [0.717, 1.165) is 11.8 Å². The fraction of sp³-hybridized carbons (Fsp3) is 0.357. The van der Waals surface area contributed by atoms with E-state index in [9.17, 15) is 14.0 Å². The molecule has 5 nitrogen and oxygen atoms in total. The summed E-state index contributed by atoms with van der Waals surface area (Å²) < 4.78 is 13.8. The van der Waals surface area contributed by atoms with Gasteiger partial charge >= 0.3 is 6.09 Å². The van der Waals surface area contributed by atoms with Gasteiger partial charge in [-0.2, -0.15) is 4.99 Å². The minimum Gasteiger partial charge on any atom is -0.463 e. The number of carbonyl (C=O) groups excluding carboxylic acids is 1. The highest BCUT2D eigenvalue weighted by atomic mass is 32.2. The van der Waals surface area contributed by atoms with Crippen LogP contribution in [0.5, 0.6) is 0 Å². The van der Waals surface area contributed by atoms with Crippen molar-refractivity contribution in [2.24, 2.45) is 4.99 Å². The van der Waals surface area contributed by atoms with Crippen molar-refractivity contribution in [1.82, 2.24) is 0 Å². The van der Waals surface area contributed by atoms with Gasteiger partial charge in [-0.15, -0.1) is 0 Å². The van der Waals surface area contributed by atoms with Crippen molar-refractivity contribution >= 4 is 34.6 Å². The van der Waals surface area contributed by atoms with Gasteiger partial charge in [0.05, 0.1) is 11.4 Å². The summed E-state index contributed by atoms with van der Waals surface area (Å²) in [5.74, 6) is -0.494. The Labute approximate surface area is 125 Å². The summed E-state index contributed by atoms with van der Waals surface area (Å²) in [6.07, 6.45) is -1.36. The first-order valence-electron chi connectivity index (χ1n) is 6.38. The highest BCUT2D eigenvalue weighted by Gasteiger charge is 2.32. The highest BCUT2D eigenvalue weighted by molar-refractivity contribution is 8.15. The Bertz CT molecular complexity index is 643. The summed E-state index contributed by atoms with van der Waals surface area (Å²) in [6.45, 7) is 5.37. The van der Waals surface area contributed by atoms with Gasteiger partial charge in [0.2, 0.25) is 5.91 Å². The maximum Gasteiger partial charge on any atom is 0.433 e. The molecule has 112 valence electrons. The molecule has 1 aliphatic rings. The van der Waals surface area contributed by atoms with Gasteiger partial charge in [-0.3, -0.25) is 9.69 Å². The van der Waals surface area contributed by atoms with Crippen LogP contribution in [0.4, 0.5) is 14.9 Å². The molecule has 0 bridgehead atoms. The third-order valence-electron chi connectivity index (χ3n) is 3.13. The lowest BCUT2D eigenvalue weighted by Gasteiger charge is -2.22. The second-order valence-corrected chi connectivity index (χ2v) is 5.95. The number of hydrogen-bond donors (Lipinski definition) is 1. The van der Waals surface area contributed by atoms with E-state index in [1.165, 1.54) is 11.0 Å². The van der Waals surface area contributed by atoms with Gasteiger partial charge in [-0.25, -0.2) is 9.18 Å².